The molecule has 0 fully saturated rings. The Bertz CT molecular complexity index is 777. The van der Waals surface area contributed by atoms with Gasteiger partial charge in [-0.2, -0.15) is 0 Å². The molecular formula is C19H23NO3S. The predicted octanol–water partition coefficient (Wildman–Crippen LogP) is 4.34. The van der Waals surface area contributed by atoms with Crippen molar-refractivity contribution in [3.63, 3.8) is 0 Å². The first-order chi connectivity index (χ1) is 11.3. The number of hydrogen-bond acceptors (Lipinski definition) is 4. The van der Waals surface area contributed by atoms with Crippen LogP contribution in [0.25, 0.3) is 0 Å². The molecule has 0 spiro atoms. The summed E-state index contributed by atoms with van der Waals surface area (Å²) in [7, 11) is 0. The first-order valence-corrected chi connectivity index (χ1v) is 8.78. The molecule has 2 rings (SSSR count). The normalized spacial score (nSPS) is 10.5. The van der Waals surface area contributed by atoms with E-state index in [4.69, 9.17) is 4.74 Å². The molecule has 5 heteroatoms. The smallest absolute Gasteiger partial charge is 0.341 e. The summed E-state index contributed by atoms with van der Waals surface area (Å²) in [6.07, 6.45) is 0.282. The molecule has 1 N–H and O–H groups in total. The third kappa shape index (κ3) is 4.03. The Labute approximate surface area is 146 Å². The largest absolute Gasteiger partial charge is 0.462 e. The van der Waals surface area contributed by atoms with E-state index in [9.17, 15) is 9.59 Å². The molecule has 0 atom stereocenters. The van der Waals surface area contributed by atoms with Crippen molar-refractivity contribution in [3.05, 3.63) is 50.9 Å². The number of nitrogens with one attached hydrogen (secondary N) is 1. The Morgan fingerprint density at radius 1 is 1.17 bits per heavy atom. The minimum atomic E-state index is -0.388. The molecule has 0 aliphatic heterocycles. The van der Waals surface area contributed by atoms with Crippen molar-refractivity contribution in [1.29, 1.82) is 0 Å². The molecule has 1 aromatic heterocycles. The van der Waals surface area contributed by atoms with Crippen molar-refractivity contribution in [3.8, 4) is 0 Å². The van der Waals surface area contributed by atoms with Gasteiger partial charge in [0.1, 0.15) is 5.00 Å². The number of thiophene rings is 1. The van der Waals surface area contributed by atoms with E-state index in [1.165, 1.54) is 16.9 Å². The zero-order chi connectivity index (χ0) is 17.9. The average Bonchev–Trinajstić information content (AvgIpc) is 2.77. The van der Waals surface area contributed by atoms with E-state index in [1.54, 1.807) is 6.92 Å². The average molecular weight is 345 g/mol. The molecule has 4 nitrogen and oxygen atoms in total. The molecule has 0 radical (unpaired) electrons. The van der Waals surface area contributed by atoms with E-state index in [2.05, 4.69) is 11.4 Å². The third-order valence-electron chi connectivity index (χ3n) is 3.97. The first kappa shape index (κ1) is 18.2. The van der Waals surface area contributed by atoms with Crippen molar-refractivity contribution in [1.82, 2.24) is 0 Å². The summed E-state index contributed by atoms with van der Waals surface area (Å²) in [4.78, 5) is 25.6. The third-order valence-corrected chi connectivity index (χ3v) is 5.09. The van der Waals surface area contributed by atoms with Crippen molar-refractivity contribution in [2.24, 2.45) is 0 Å². The Balaban J connectivity index is 2.20. The Kier molecular flexibility index (Phi) is 5.78. The van der Waals surface area contributed by atoms with E-state index >= 15 is 0 Å². The number of anilines is 1. The van der Waals surface area contributed by atoms with Gasteiger partial charge in [0.05, 0.1) is 18.6 Å². The second-order valence-electron chi connectivity index (χ2n) is 5.86. The predicted molar refractivity (Wildman–Crippen MR) is 98.0 cm³/mol. The number of ether oxygens (including phenoxy) is 1. The van der Waals surface area contributed by atoms with Crippen LogP contribution in [0.5, 0.6) is 0 Å². The minimum Gasteiger partial charge on any atom is -0.462 e. The first-order valence-electron chi connectivity index (χ1n) is 7.96. The van der Waals surface area contributed by atoms with Crippen LogP contribution in [0.2, 0.25) is 0 Å². The highest BCUT2D eigenvalue weighted by atomic mass is 32.1. The van der Waals surface area contributed by atoms with Gasteiger partial charge in [-0.3, -0.25) is 4.79 Å². The fraction of sp³-hybridized carbons (Fsp3) is 0.368. The molecule has 0 saturated carbocycles. The topological polar surface area (TPSA) is 55.4 Å². The summed E-state index contributed by atoms with van der Waals surface area (Å²) in [5, 5.41) is 3.45. The van der Waals surface area contributed by atoms with Gasteiger partial charge >= 0.3 is 5.97 Å². The SMILES string of the molecule is CCOC(=O)c1c(NC(=O)Cc2ccc(C)cc2C)sc(C)c1C. The Morgan fingerprint density at radius 2 is 1.88 bits per heavy atom. The monoisotopic (exact) mass is 345 g/mol. The number of aryl methyl sites for hydroxylation is 3. The van der Waals surface area contributed by atoms with Crippen LogP contribution in [0.15, 0.2) is 18.2 Å². The Morgan fingerprint density at radius 3 is 2.50 bits per heavy atom. The fourth-order valence-electron chi connectivity index (χ4n) is 2.55. The van der Waals surface area contributed by atoms with Gasteiger partial charge < -0.3 is 10.1 Å². The quantitative estimate of drug-likeness (QED) is 0.820. The molecular weight excluding hydrogens is 322 g/mol. The highest BCUT2D eigenvalue weighted by Gasteiger charge is 2.22. The molecule has 0 aliphatic carbocycles. The second-order valence-corrected chi connectivity index (χ2v) is 7.09. The standard InChI is InChI=1S/C19H23NO3S/c1-6-23-19(22)17-13(4)14(5)24-18(17)20-16(21)10-15-8-7-11(2)9-12(15)3/h7-9H,6,10H2,1-5H3,(H,20,21). The van der Waals surface area contributed by atoms with Crippen molar-refractivity contribution >= 4 is 28.2 Å². The molecule has 0 bridgehead atoms. The number of hydrogen-bond donors (Lipinski definition) is 1. The fourth-order valence-corrected chi connectivity index (χ4v) is 3.62. The summed E-state index contributed by atoms with van der Waals surface area (Å²) in [5.74, 6) is -0.519. The van der Waals surface area contributed by atoms with E-state index in [-0.39, 0.29) is 18.3 Å². The van der Waals surface area contributed by atoms with Crippen LogP contribution in [-0.2, 0) is 16.0 Å². The van der Waals surface area contributed by atoms with Crippen molar-refractivity contribution < 1.29 is 14.3 Å². The molecule has 24 heavy (non-hydrogen) atoms. The molecule has 0 unspecified atom stereocenters. The van der Waals surface area contributed by atoms with Gasteiger partial charge in [0.25, 0.3) is 0 Å². The van der Waals surface area contributed by atoms with Gasteiger partial charge in [0.2, 0.25) is 5.91 Å². The van der Waals surface area contributed by atoms with Crippen molar-refractivity contribution in [2.75, 3.05) is 11.9 Å². The van der Waals surface area contributed by atoms with E-state index in [0.29, 0.717) is 17.2 Å². The zero-order valence-electron chi connectivity index (χ0n) is 14.8. The minimum absolute atomic E-state index is 0.131. The van der Waals surface area contributed by atoms with Crippen LogP contribution in [0.4, 0.5) is 5.00 Å². The number of benzene rings is 1. The highest BCUT2D eigenvalue weighted by Crippen LogP contribution is 2.33. The van der Waals surface area contributed by atoms with Gasteiger partial charge in [0.15, 0.2) is 0 Å². The van der Waals surface area contributed by atoms with E-state index in [0.717, 1.165) is 21.6 Å². The van der Waals surface area contributed by atoms with Gasteiger partial charge in [-0.25, -0.2) is 4.79 Å². The van der Waals surface area contributed by atoms with Gasteiger partial charge in [-0.15, -0.1) is 11.3 Å². The molecule has 1 heterocycles. The lowest BCUT2D eigenvalue weighted by molar-refractivity contribution is -0.115. The van der Waals surface area contributed by atoms with E-state index < -0.39 is 0 Å². The number of carbonyl (C=O) groups is 2. The Hall–Kier alpha value is -2.14. The maximum Gasteiger partial charge on any atom is 0.341 e. The van der Waals surface area contributed by atoms with Crippen molar-refractivity contribution in [2.45, 2.75) is 41.0 Å². The second kappa shape index (κ2) is 7.62. The molecule has 0 saturated heterocycles. The lowest BCUT2D eigenvalue weighted by Gasteiger charge is -2.09. The van der Waals surface area contributed by atoms with Gasteiger partial charge in [-0.05, 0) is 51.3 Å². The lowest BCUT2D eigenvalue weighted by atomic mass is 10.0. The summed E-state index contributed by atoms with van der Waals surface area (Å²) in [6.45, 7) is 9.91. The number of carbonyl (C=O) groups excluding carboxylic acids is 2. The molecule has 1 amide bonds. The maximum atomic E-state index is 12.4. The van der Waals surface area contributed by atoms with Crippen LogP contribution in [0.1, 0.15) is 44.4 Å². The van der Waals surface area contributed by atoms with E-state index in [1.807, 2.05) is 39.8 Å². The van der Waals surface area contributed by atoms with Crippen LogP contribution in [0, 0.1) is 27.7 Å². The molecule has 1 aromatic carbocycles. The molecule has 2 aromatic rings. The molecule has 128 valence electrons. The lowest BCUT2D eigenvalue weighted by Crippen LogP contribution is -2.17. The van der Waals surface area contributed by atoms with Crippen LogP contribution in [-0.4, -0.2) is 18.5 Å². The summed E-state index contributed by atoms with van der Waals surface area (Å²) in [6, 6.07) is 6.03. The summed E-state index contributed by atoms with van der Waals surface area (Å²) in [5.41, 5.74) is 4.58. The van der Waals surface area contributed by atoms with Crippen LogP contribution in [0.3, 0.4) is 0 Å². The van der Waals surface area contributed by atoms with Crippen LogP contribution >= 0.6 is 11.3 Å². The van der Waals surface area contributed by atoms with Gasteiger partial charge in [0, 0.05) is 4.88 Å². The number of rotatable bonds is 5. The highest BCUT2D eigenvalue weighted by molar-refractivity contribution is 7.16. The van der Waals surface area contributed by atoms with Crippen LogP contribution < -0.4 is 5.32 Å². The number of esters is 1. The maximum absolute atomic E-state index is 12.4. The zero-order valence-corrected chi connectivity index (χ0v) is 15.6. The summed E-state index contributed by atoms with van der Waals surface area (Å²) < 4.78 is 5.11. The molecule has 0 aliphatic rings. The number of amides is 1. The summed E-state index contributed by atoms with van der Waals surface area (Å²) >= 11 is 1.41. The van der Waals surface area contributed by atoms with Gasteiger partial charge in [-0.1, -0.05) is 23.8 Å².